The average Bonchev–Trinajstić information content (AvgIpc) is 2.54. The van der Waals surface area contributed by atoms with Crippen LogP contribution in [0.2, 0.25) is 0 Å². The normalized spacial score (nSPS) is 11.3. The Bertz CT molecular complexity index is 550. The predicted molar refractivity (Wildman–Crippen MR) is 76.1 cm³/mol. The Hall–Kier alpha value is -0.600. The summed E-state index contributed by atoms with van der Waals surface area (Å²) in [5.41, 5.74) is 1.04. The van der Waals surface area contributed by atoms with Crippen molar-refractivity contribution in [1.29, 1.82) is 0 Å². The zero-order valence-electron chi connectivity index (χ0n) is 10.2. The van der Waals surface area contributed by atoms with Crippen molar-refractivity contribution in [2.75, 3.05) is 16.0 Å². The van der Waals surface area contributed by atoms with Crippen molar-refractivity contribution in [1.82, 2.24) is 0 Å². The van der Waals surface area contributed by atoms with Crippen LogP contribution in [0, 0.1) is 13.8 Å². The van der Waals surface area contributed by atoms with Crippen LogP contribution in [0.15, 0.2) is 0 Å². The topological polar surface area (TPSA) is 72.5 Å². The van der Waals surface area contributed by atoms with E-state index in [1.54, 1.807) is 13.8 Å². The van der Waals surface area contributed by atoms with Gasteiger partial charge in [-0.05, 0) is 26.3 Å². The first-order valence-corrected chi connectivity index (χ1v) is 8.75. The van der Waals surface area contributed by atoms with E-state index in [1.165, 1.54) is 11.3 Å². The van der Waals surface area contributed by atoms with Gasteiger partial charge >= 0.3 is 5.97 Å². The van der Waals surface area contributed by atoms with E-state index in [9.17, 15) is 13.2 Å². The average molecular weight is 356 g/mol. The van der Waals surface area contributed by atoms with E-state index in [-0.39, 0.29) is 11.3 Å². The molecule has 8 heteroatoms. The molecule has 0 spiro atoms. The van der Waals surface area contributed by atoms with E-state index in [4.69, 9.17) is 4.74 Å². The van der Waals surface area contributed by atoms with Gasteiger partial charge in [0.25, 0.3) is 0 Å². The van der Waals surface area contributed by atoms with E-state index >= 15 is 0 Å². The number of alkyl halides is 1. The molecule has 0 aliphatic heterocycles. The number of rotatable bonds is 5. The molecule has 0 aliphatic carbocycles. The number of thiophene rings is 1. The summed E-state index contributed by atoms with van der Waals surface area (Å²) in [5, 5.41) is 0.308. The Balaban J connectivity index is 3.20. The monoisotopic (exact) mass is 355 g/mol. The minimum Gasteiger partial charge on any atom is -0.462 e. The minimum absolute atomic E-state index is 0.224. The Labute approximate surface area is 119 Å². The molecular formula is C10H14BrNO4S2. The lowest BCUT2D eigenvalue weighted by molar-refractivity contribution is 0.0527. The molecule has 102 valence electrons. The number of nitrogens with one attached hydrogen (secondary N) is 1. The highest BCUT2D eigenvalue weighted by Crippen LogP contribution is 2.33. The van der Waals surface area contributed by atoms with Crippen molar-refractivity contribution in [2.45, 2.75) is 20.8 Å². The smallest absolute Gasteiger partial charge is 0.341 e. The number of sulfonamides is 1. The van der Waals surface area contributed by atoms with Gasteiger partial charge in [-0.1, -0.05) is 15.9 Å². The maximum absolute atomic E-state index is 11.8. The second kappa shape index (κ2) is 6.03. The fourth-order valence-electron chi connectivity index (χ4n) is 1.32. The highest BCUT2D eigenvalue weighted by atomic mass is 79.9. The molecule has 0 amide bonds. The van der Waals surface area contributed by atoms with Gasteiger partial charge in [0.05, 0.1) is 12.2 Å². The fourth-order valence-corrected chi connectivity index (χ4v) is 3.55. The van der Waals surface area contributed by atoms with Gasteiger partial charge in [-0.3, -0.25) is 4.72 Å². The van der Waals surface area contributed by atoms with Crippen LogP contribution in [-0.2, 0) is 14.8 Å². The predicted octanol–water partition coefficient (Wildman–Crippen LogP) is 2.64. The zero-order valence-corrected chi connectivity index (χ0v) is 13.5. The second-order valence-corrected chi connectivity index (χ2v) is 7.78. The summed E-state index contributed by atoms with van der Waals surface area (Å²) in [7, 11) is -3.48. The molecule has 1 aromatic heterocycles. The molecule has 18 heavy (non-hydrogen) atoms. The number of anilines is 1. The van der Waals surface area contributed by atoms with Crippen molar-refractivity contribution < 1.29 is 17.9 Å². The van der Waals surface area contributed by atoms with E-state index in [1.807, 2.05) is 6.92 Å². The first kappa shape index (κ1) is 15.5. The van der Waals surface area contributed by atoms with Gasteiger partial charge < -0.3 is 4.74 Å². The van der Waals surface area contributed by atoms with Crippen LogP contribution in [0.1, 0.15) is 27.7 Å². The molecule has 0 radical (unpaired) electrons. The molecule has 0 aromatic carbocycles. The van der Waals surface area contributed by atoms with Crippen LogP contribution >= 0.6 is 27.3 Å². The lowest BCUT2D eigenvalue weighted by atomic mass is 10.2. The van der Waals surface area contributed by atoms with Crippen molar-refractivity contribution in [3.05, 3.63) is 16.0 Å². The maximum Gasteiger partial charge on any atom is 0.341 e. The van der Waals surface area contributed by atoms with Crippen LogP contribution in [0.25, 0.3) is 0 Å². The number of ether oxygens (including phenoxy) is 1. The fraction of sp³-hybridized carbons (Fsp3) is 0.500. The number of hydrogen-bond donors (Lipinski definition) is 1. The van der Waals surface area contributed by atoms with Gasteiger partial charge in [0.1, 0.15) is 9.66 Å². The summed E-state index contributed by atoms with van der Waals surface area (Å²) in [6.07, 6.45) is 0. The second-order valence-electron chi connectivity index (χ2n) is 3.53. The van der Waals surface area contributed by atoms with E-state index < -0.39 is 16.0 Å². The highest BCUT2D eigenvalue weighted by molar-refractivity contribution is 9.10. The van der Waals surface area contributed by atoms with Crippen molar-refractivity contribution in [3.63, 3.8) is 0 Å². The van der Waals surface area contributed by atoms with E-state index in [2.05, 4.69) is 20.7 Å². The highest BCUT2D eigenvalue weighted by Gasteiger charge is 2.23. The minimum atomic E-state index is -3.48. The zero-order chi connectivity index (χ0) is 13.9. The van der Waals surface area contributed by atoms with Gasteiger partial charge in [-0.2, -0.15) is 0 Å². The van der Waals surface area contributed by atoms with Gasteiger partial charge in [0.2, 0.25) is 10.0 Å². The summed E-state index contributed by atoms with van der Waals surface area (Å²) in [5.74, 6) is -0.508. The Morgan fingerprint density at radius 2 is 2.06 bits per heavy atom. The first-order valence-electron chi connectivity index (χ1n) is 5.16. The number of hydrogen-bond acceptors (Lipinski definition) is 5. The molecular weight excluding hydrogens is 342 g/mol. The number of halogens is 1. The Morgan fingerprint density at radius 3 is 2.56 bits per heavy atom. The molecule has 1 aromatic rings. The Morgan fingerprint density at radius 1 is 1.44 bits per heavy atom. The van der Waals surface area contributed by atoms with E-state index in [0.29, 0.717) is 10.6 Å². The standard InChI is InChI=1S/C10H14BrNO4S2/c1-4-16-10(13)8-6(2)7(3)17-9(8)12-18(14,15)5-11/h12H,4-5H2,1-3H3. The lowest BCUT2D eigenvalue weighted by Gasteiger charge is -2.07. The molecule has 0 aliphatic rings. The van der Waals surface area contributed by atoms with Gasteiger partial charge in [-0.25, -0.2) is 13.2 Å². The van der Waals surface area contributed by atoms with Crippen molar-refractivity contribution in [2.24, 2.45) is 0 Å². The number of carbonyl (C=O) groups is 1. The molecule has 0 saturated heterocycles. The van der Waals surface area contributed by atoms with Gasteiger partial charge in [-0.15, -0.1) is 11.3 Å². The largest absolute Gasteiger partial charge is 0.462 e. The maximum atomic E-state index is 11.8. The van der Waals surface area contributed by atoms with Gasteiger partial charge in [0, 0.05) is 4.88 Å². The van der Waals surface area contributed by atoms with Crippen LogP contribution in [-0.4, -0.2) is 25.7 Å². The lowest BCUT2D eigenvalue weighted by Crippen LogP contribution is -2.15. The quantitative estimate of drug-likeness (QED) is 0.650. The summed E-state index contributed by atoms with van der Waals surface area (Å²) in [6, 6.07) is 0. The molecule has 1 N–H and O–H groups in total. The molecule has 0 unspecified atom stereocenters. The molecule has 0 fully saturated rings. The van der Waals surface area contributed by atoms with Gasteiger partial charge in [0.15, 0.2) is 0 Å². The summed E-state index contributed by atoms with van der Waals surface area (Å²) in [4.78, 5) is 12.7. The molecule has 1 rings (SSSR count). The SMILES string of the molecule is CCOC(=O)c1c(NS(=O)(=O)CBr)sc(C)c1C. The van der Waals surface area contributed by atoms with Crippen LogP contribution in [0.5, 0.6) is 0 Å². The summed E-state index contributed by atoms with van der Waals surface area (Å²) < 4.78 is 30.1. The molecule has 5 nitrogen and oxygen atoms in total. The number of aryl methyl sites for hydroxylation is 1. The summed E-state index contributed by atoms with van der Waals surface area (Å²) in [6.45, 7) is 5.55. The molecule has 0 bridgehead atoms. The third-order valence-corrected chi connectivity index (χ3v) is 6.12. The van der Waals surface area contributed by atoms with Crippen LogP contribution in [0.4, 0.5) is 5.00 Å². The summed E-state index contributed by atoms with van der Waals surface area (Å²) >= 11 is 4.11. The van der Waals surface area contributed by atoms with Crippen molar-refractivity contribution >= 4 is 48.3 Å². The first-order chi connectivity index (χ1) is 8.32. The Kier molecular flexibility index (Phi) is 5.18. The molecule has 0 atom stereocenters. The van der Waals surface area contributed by atoms with Crippen LogP contribution < -0.4 is 4.72 Å². The van der Waals surface area contributed by atoms with E-state index in [0.717, 1.165) is 10.4 Å². The third-order valence-electron chi connectivity index (χ3n) is 2.26. The van der Waals surface area contributed by atoms with Crippen molar-refractivity contribution in [3.8, 4) is 0 Å². The number of carbonyl (C=O) groups excluding carboxylic acids is 1. The van der Waals surface area contributed by atoms with Crippen LogP contribution in [0.3, 0.4) is 0 Å². The third kappa shape index (κ3) is 3.46. The number of esters is 1. The molecule has 0 saturated carbocycles. The molecule has 1 heterocycles.